The van der Waals surface area contributed by atoms with Crippen LogP contribution in [-0.4, -0.2) is 13.7 Å². The highest BCUT2D eigenvalue weighted by Crippen LogP contribution is 2.20. The van der Waals surface area contributed by atoms with Crippen molar-refractivity contribution >= 4 is 0 Å². The zero-order chi connectivity index (χ0) is 13.5. The van der Waals surface area contributed by atoms with Crippen molar-refractivity contribution in [3.63, 3.8) is 0 Å². The van der Waals surface area contributed by atoms with Crippen LogP contribution in [-0.2, 0) is 13.2 Å². The molecule has 0 fully saturated rings. The van der Waals surface area contributed by atoms with Crippen LogP contribution in [0.4, 0.5) is 0 Å². The molecule has 2 rings (SSSR count). The Bertz CT molecular complexity index is 508. The predicted molar refractivity (Wildman–Crippen MR) is 73.4 cm³/mol. The lowest BCUT2D eigenvalue weighted by Crippen LogP contribution is -2.03. The second-order valence-electron chi connectivity index (χ2n) is 4.15. The van der Waals surface area contributed by atoms with E-state index in [1.807, 2.05) is 44.3 Å². The Hall–Kier alpha value is -1.94. The zero-order valence-electron chi connectivity index (χ0n) is 11.3. The lowest BCUT2D eigenvalue weighted by Gasteiger charge is -2.07. The third kappa shape index (κ3) is 4.03. The van der Waals surface area contributed by atoms with Gasteiger partial charge in [0.05, 0.1) is 12.9 Å². The first kappa shape index (κ1) is 13.5. The van der Waals surface area contributed by atoms with Crippen molar-refractivity contribution in [3.05, 3.63) is 47.9 Å². The van der Waals surface area contributed by atoms with Crippen LogP contribution >= 0.6 is 0 Å². The third-order valence-corrected chi connectivity index (χ3v) is 2.59. The van der Waals surface area contributed by atoms with Gasteiger partial charge in [-0.2, -0.15) is 0 Å². The van der Waals surface area contributed by atoms with E-state index in [-0.39, 0.29) is 0 Å². The van der Waals surface area contributed by atoms with Crippen molar-refractivity contribution in [1.82, 2.24) is 5.32 Å². The lowest BCUT2D eigenvalue weighted by molar-refractivity contribution is 0.267. The summed E-state index contributed by atoms with van der Waals surface area (Å²) in [5.41, 5.74) is 1.11. The molecule has 1 N–H and O–H groups in total. The standard InChI is InChI=1S/C15H19NO3/c1-3-17-13-5-4-6-14(8-13)19-11-15-7-12(9-16-2)10-18-15/h4-8,10,16H,3,9,11H2,1-2H3. The highest BCUT2D eigenvalue weighted by molar-refractivity contribution is 5.33. The van der Waals surface area contributed by atoms with E-state index in [0.717, 1.165) is 29.4 Å². The summed E-state index contributed by atoms with van der Waals surface area (Å²) in [5.74, 6) is 2.40. The van der Waals surface area contributed by atoms with Crippen LogP contribution < -0.4 is 14.8 Å². The molecule has 102 valence electrons. The minimum Gasteiger partial charge on any atom is -0.494 e. The number of hydrogen-bond donors (Lipinski definition) is 1. The second kappa shape index (κ2) is 6.85. The van der Waals surface area contributed by atoms with Crippen molar-refractivity contribution in [2.45, 2.75) is 20.1 Å². The highest BCUT2D eigenvalue weighted by atomic mass is 16.5. The fraction of sp³-hybridized carbons (Fsp3) is 0.333. The summed E-state index contributed by atoms with van der Waals surface area (Å²) < 4.78 is 16.5. The minimum absolute atomic E-state index is 0.416. The topological polar surface area (TPSA) is 43.6 Å². The Morgan fingerprint density at radius 1 is 1.16 bits per heavy atom. The summed E-state index contributed by atoms with van der Waals surface area (Å²) in [6, 6.07) is 9.59. The molecule has 0 unspecified atom stereocenters. The molecule has 0 aliphatic rings. The molecule has 2 aromatic rings. The number of nitrogens with one attached hydrogen (secondary N) is 1. The molecular weight excluding hydrogens is 242 g/mol. The van der Waals surface area contributed by atoms with Crippen molar-refractivity contribution in [2.24, 2.45) is 0 Å². The van der Waals surface area contributed by atoms with Crippen molar-refractivity contribution in [2.75, 3.05) is 13.7 Å². The minimum atomic E-state index is 0.416. The zero-order valence-corrected chi connectivity index (χ0v) is 11.3. The van der Waals surface area contributed by atoms with Crippen LogP contribution in [0.2, 0.25) is 0 Å². The first-order valence-corrected chi connectivity index (χ1v) is 6.38. The molecule has 0 bridgehead atoms. The number of hydrogen-bond acceptors (Lipinski definition) is 4. The van der Waals surface area contributed by atoms with Gasteiger partial charge in [0.25, 0.3) is 0 Å². The SMILES string of the molecule is CCOc1cccc(OCc2cc(CNC)co2)c1. The Kier molecular flexibility index (Phi) is 4.86. The molecule has 19 heavy (non-hydrogen) atoms. The molecule has 4 heteroatoms. The Labute approximate surface area is 113 Å². The van der Waals surface area contributed by atoms with E-state index in [4.69, 9.17) is 13.9 Å². The molecule has 0 saturated carbocycles. The Balaban J connectivity index is 1.91. The molecule has 0 aliphatic heterocycles. The molecule has 1 heterocycles. The molecular formula is C15H19NO3. The van der Waals surface area contributed by atoms with E-state index in [2.05, 4.69) is 5.32 Å². The molecule has 0 aliphatic carbocycles. The summed E-state index contributed by atoms with van der Waals surface area (Å²) in [5, 5.41) is 3.08. The molecule has 0 atom stereocenters. The van der Waals surface area contributed by atoms with Crippen LogP contribution in [0.15, 0.2) is 41.0 Å². The molecule has 0 saturated heterocycles. The van der Waals surface area contributed by atoms with Gasteiger partial charge in [-0.3, -0.25) is 0 Å². The fourth-order valence-corrected chi connectivity index (χ4v) is 1.77. The molecule has 0 radical (unpaired) electrons. The van der Waals surface area contributed by atoms with Crippen molar-refractivity contribution < 1.29 is 13.9 Å². The smallest absolute Gasteiger partial charge is 0.146 e. The number of rotatable bonds is 7. The van der Waals surface area contributed by atoms with Gasteiger partial charge in [0.2, 0.25) is 0 Å². The van der Waals surface area contributed by atoms with Crippen LogP contribution in [0.5, 0.6) is 11.5 Å². The maximum absolute atomic E-state index is 5.68. The maximum Gasteiger partial charge on any atom is 0.146 e. The normalized spacial score (nSPS) is 10.4. The van der Waals surface area contributed by atoms with Crippen molar-refractivity contribution in [3.8, 4) is 11.5 Å². The first-order valence-electron chi connectivity index (χ1n) is 6.38. The van der Waals surface area contributed by atoms with E-state index in [9.17, 15) is 0 Å². The average molecular weight is 261 g/mol. The Morgan fingerprint density at radius 3 is 2.68 bits per heavy atom. The fourth-order valence-electron chi connectivity index (χ4n) is 1.77. The summed E-state index contributed by atoms with van der Waals surface area (Å²) in [6.07, 6.45) is 1.74. The molecule has 0 spiro atoms. The van der Waals surface area contributed by atoms with E-state index >= 15 is 0 Å². The van der Waals surface area contributed by atoms with Gasteiger partial charge in [-0.1, -0.05) is 6.07 Å². The van der Waals surface area contributed by atoms with E-state index in [0.29, 0.717) is 13.2 Å². The molecule has 0 amide bonds. The van der Waals surface area contributed by atoms with Gasteiger partial charge < -0.3 is 19.2 Å². The van der Waals surface area contributed by atoms with E-state index < -0.39 is 0 Å². The third-order valence-electron chi connectivity index (χ3n) is 2.59. The van der Waals surface area contributed by atoms with Crippen LogP contribution in [0.25, 0.3) is 0 Å². The van der Waals surface area contributed by atoms with Gasteiger partial charge in [0.1, 0.15) is 23.9 Å². The first-order chi connectivity index (χ1) is 9.31. The van der Waals surface area contributed by atoms with Crippen molar-refractivity contribution in [1.29, 1.82) is 0 Å². The van der Waals surface area contributed by atoms with E-state index in [1.54, 1.807) is 6.26 Å². The summed E-state index contributed by atoms with van der Waals surface area (Å²) >= 11 is 0. The van der Waals surface area contributed by atoms with Gasteiger partial charge in [0, 0.05) is 18.2 Å². The summed E-state index contributed by atoms with van der Waals surface area (Å²) in [7, 11) is 1.91. The number of ether oxygens (including phenoxy) is 2. The quantitative estimate of drug-likeness (QED) is 0.832. The Morgan fingerprint density at radius 2 is 1.95 bits per heavy atom. The van der Waals surface area contributed by atoms with Crippen LogP contribution in [0.3, 0.4) is 0 Å². The summed E-state index contributed by atoms with van der Waals surface area (Å²) in [4.78, 5) is 0. The average Bonchev–Trinajstić information content (AvgIpc) is 2.86. The second-order valence-corrected chi connectivity index (χ2v) is 4.15. The molecule has 1 aromatic heterocycles. The highest BCUT2D eigenvalue weighted by Gasteiger charge is 2.03. The predicted octanol–water partition coefficient (Wildman–Crippen LogP) is 2.98. The van der Waals surface area contributed by atoms with Crippen LogP contribution in [0.1, 0.15) is 18.2 Å². The van der Waals surface area contributed by atoms with E-state index in [1.165, 1.54) is 0 Å². The number of furan rings is 1. The maximum atomic E-state index is 5.68. The molecule has 4 nitrogen and oxygen atoms in total. The van der Waals surface area contributed by atoms with Gasteiger partial charge in [-0.05, 0) is 32.2 Å². The summed E-state index contributed by atoms with van der Waals surface area (Å²) in [6.45, 7) is 3.82. The lowest BCUT2D eigenvalue weighted by atomic mass is 10.3. The molecule has 1 aromatic carbocycles. The number of benzene rings is 1. The van der Waals surface area contributed by atoms with Gasteiger partial charge in [0.15, 0.2) is 0 Å². The monoisotopic (exact) mass is 261 g/mol. The van der Waals surface area contributed by atoms with Gasteiger partial charge in [-0.25, -0.2) is 0 Å². The largest absolute Gasteiger partial charge is 0.494 e. The van der Waals surface area contributed by atoms with Gasteiger partial charge >= 0.3 is 0 Å². The van der Waals surface area contributed by atoms with Gasteiger partial charge in [-0.15, -0.1) is 0 Å². The van der Waals surface area contributed by atoms with Crippen LogP contribution in [0, 0.1) is 0 Å².